The van der Waals surface area contributed by atoms with Gasteiger partial charge in [0.2, 0.25) is 10.0 Å². The monoisotopic (exact) mass is 574 g/mol. The van der Waals surface area contributed by atoms with Gasteiger partial charge < -0.3 is 10.1 Å². The number of alkyl halides is 1. The number of hydrogen-bond acceptors (Lipinski definition) is 4. The van der Waals surface area contributed by atoms with Crippen molar-refractivity contribution in [3.63, 3.8) is 0 Å². The fraction of sp³-hybridized carbons (Fsp3) is 0.280. The molecule has 0 saturated carbocycles. The predicted octanol–water partition coefficient (Wildman–Crippen LogP) is 4.70. The van der Waals surface area contributed by atoms with Crippen molar-refractivity contribution in [1.82, 2.24) is 10.0 Å². The van der Waals surface area contributed by atoms with Gasteiger partial charge in [0.25, 0.3) is 0 Å². The van der Waals surface area contributed by atoms with Crippen LogP contribution in [-0.2, 0) is 40.8 Å². The quantitative estimate of drug-likeness (QED) is 0.187. The molecule has 0 bridgehead atoms. The first-order valence-corrected chi connectivity index (χ1v) is 12.7. The fourth-order valence-electron chi connectivity index (χ4n) is 3.46. The van der Waals surface area contributed by atoms with Gasteiger partial charge in [0.15, 0.2) is 0 Å². The molecule has 0 aliphatic rings. The van der Waals surface area contributed by atoms with E-state index in [4.69, 9.17) is 16.3 Å². The molecule has 0 aliphatic heterocycles. The Kier molecular flexibility index (Phi) is 11.7. The van der Waals surface area contributed by atoms with E-state index in [0.29, 0.717) is 19.8 Å². The van der Waals surface area contributed by atoms with Gasteiger partial charge in [0.1, 0.15) is 5.21 Å². The second-order valence-electron chi connectivity index (χ2n) is 7.61. The maximum absolute atomic E-state index is 12.4. The van der Waals surface area contributed by atoms with Gasteiger partial charge in [-0.1, -0.05) is 90.5 Å². The number of halogens is 1. The summed E-state index contributed by atoms with van der Waals surface area (Å²) in [5.41, 5.74) is 4.15. The minimum atomic E-state index is -3.65. The molecule has 0 aromatic heterocycles. The molecule has 0 aliphatic carbocycles. The van der Waals surface area contributed by atoms with Crippen LogP contribution in [0, 0.1) is 6.92 Å². The molecule has 0 unspecified atom stereocenters. The Bertz CT molecular complexity index is 1050. The molecule has 0 heterocycles. The van der Waals surface area contributed by atoms with Gasteiger partial charge in [0, 0.05) is 6.54 Å². The summed E-state index contributed by atoms with van der Waals surface area (Å²) >= 11 is 5.70. The van der Waals surface area contributed by atoms with Gasteiger partial charge in [-0.25, -0.2) is 13.1 Å². The van der Waals surface area contributed by atoms with Gasteiger partial charge in [-0.3, -0.25) is 0 Å². The minimum Gasteiger partial charge on any atom is -0.375 e. The SMILES string of the molecule is Cc1ccc(COCCN[C@H](c2ccccc2)[C@H](NS(=O)(=O)CCl)c2ccccc2)cc1.[Ru+2]. The summed E-state index contributed by atoms with van der Waals surface area (Å²) in [4.78, 5) is 0. The van der Waals surface area contributed by atoms with Crippen LogP contribution in [0.2, 0.25) is 0 Å². The molecule has 2 atom stereocenters. The Balaban J connectivity index is 0.00000385. The van der Waals surface area contributed by atoms with Gasteiger partial charge in [-0.2, -0.15) is 0 Å². The Morgan fingerprint density at radius 2 is 1.39 bits per heavy atom. The summed E-state index contributed by atoms with van der Waals surface area (Å²) in [6.45, 7) is 3.62. The fourth-order valence-corrected chi connectivity index (χ4v) is 4.37. The van der Waals surface area contributed by atoms with Crippen LogP contribution in [-0.4, -0.2) is 26.8 Å². The first-order chi connectivity index (χ1) is 15.5. The zero-order valence-electron chi connectivity index (χ0n) is 18.4. The third-order valence-electron chi connectivity index (χ3n) is 5.10. The van der Waals surface area contributed by atoms with Crippen molar-refractivity contribution >= 4 is 21.6 Å². The van der Waals surface area contributed by atoms with Gasteiger partial charge in [-0.05, 0) is 23.6 Å². The third kappa shape index (κ3) is 8.93. The van der Waals surface area contributed by atoms with E-state index < -0.39 is 21.3 Å². The van der Waals surface area contributed by atoms with Gasteiger partial charge in [0.05, 0.1) is 25.3 Å². The van der Waals surface area contributed by atoms with E-state index >= 15 is 0 Å². The first kappa shape index (κ1) is 27.6. The van der Waals surface area contributed by atoms with Crippen LogP contribution in [0.4, 0.5) is 0 Å². The minimum absolute atomic E-state index is 0. The molecule has 0 radical (unpaired) electrons. The van der Waals surface area contributed by atoms with E-state index in [1.54, 1.807) is 0 Å². The molecular weight excluding hydrogens is 545 g/mol. The van der Waals surface area contributed by atoms with E-state index in [2.05, 4.69) is 41.2 Å². The number of sulfonamides is 1. The summed E-state index contributed by atoms with van der Waals surface area (Å²) in [6, 6.07) is 26.7. The van der Waals surface area contributed by atoms with Gasteiger partial charge in [-0.15, -0.1) is 11.6 Å². The van der Waals surface area contributed by atoms with Crippen LogP contribution in [0.5, 0.6) is 0 Å². The number of hydrogen-bond donors (Lipinski definition) is 2. The summed E-state index contributed by atoms with van der Waals surface area (Å²) < 4.78 is 33.4. The number of rotatable bonds is 12. The molecule has 176 valence electrons. The molecule has 0 amide bonds. The van der Waals surface area contributed by atoms with Crippen LogP contribution in [0.15, 0.2) is 84.9 Å². The molecule has 5 nitrogen and oxygen atoms in total. The van der Waals surface area contributed by atoms with Crippen LogP contribution >= 0.6 is 11.6 Å². The molecule has 0 saturated heterocycles. The molecule has 0 spiro atoms. The summed E-state index contributed by atoms with van der Waals surface area (Å²) in [5, 5.41) is 2.98. The average molecular weight is 574 g/mol. The molecule has 8 heteroatoms. The van der Waals surface area contributed by atoms with Crippen molar-refractivity contribution in [2.24, 2.45) is 0 Å². The Hall–Kier alpha value is -1.60. The second kappa shape index (κ2) is 14.0. The van der Waals surface area contributed by atoms with Crippen molar-refractivity contribution in [2.45, 2.75) is 25.6 Å². The Morgan fingerprint density at radius 1 is 0.848 bits per heavy atom. The van der Waals surface area contributed by atoms with Crippen LogP contribution in [0.1, 0.15) is 34.3 Å². The number of ether oxygens (including phenoxy) is 1. The topological polar surface area (TPSA) is 67.4 Å². The number of aryl methyl sites for hydroxylation is 1. The normalized spacial score (nSPS) is 13.2. The largest absolute Gasteiger partial charge is 2.00 e. The van der Waals surface area contributed by atoms with Crippen molar-refractivity contribution in [2.75, 3.05) is 18.4 Å². The van der Waals surface area contributed by atoms with E-state index in [-0.39, 0.29) is 25.5 Å². The van der Waals surface area contributed by atoms with Crippen LogP contribution < -0.4 is 10.0 Å². The smallest absolute Gasteiger partial charge is 0.375 e. The molecular formula is C25H29ClN2O3RuS+2. The molecule has 2 N–H and O–H groups in total. The van der Waals surface area contributed by atoms with Gasteiger partial charge >= 0.3 is 19.5 Å². The third-order valence-corrected chi connectivity index (χ3v) is 6.86. The van der Waals surface area contributed by atoms with Crippen molar-refractivity contribution < 1.29 is 32.6 Å². The van der Waals surface area contributed by atoms with Crippen LogP contribution in [0.25, 0.3) is 0 Å². The Morgan fingerprint density at radius 3 is 1.94 bits per heavy atom. The zero-order chi connectivity index (χ0) is 22.8. The zero-order valence-corrected chi connectivity index (χ0v) is 21.7. The standard InChI is InChI=1S/C25H29ClN2O3S.Ru/c1-20-12-14-21(15-13-20)18-31-17-16-27-24(22-8-4-2-5-9-22)25(28-32(29,30)19-26)23-10-6-3-7-11-23;/h2-15,24-25,27-28H,16-19H2,1H3;/q;+2/t24-,25-;/m1./s1. The first-order valence-electron chi connectivity index (χ1n) is 10.5. The maximum Gasteiger partial charge on any atom is 2.00 e. The maximum atomic E-state index is 12.4. The molecule has 3 aromatic carbocycles. The molecule has 33 heavy (non-hydrogen) atoms. The molecule has 0 fully saturated rings. The summed E-state index contributed by atoms with van der Waals surface area (Å²) in [5.74, 6) is 0. The molecule has 3 rings (SSSR count). The van der Waals surface area contributed by atoms with E-state index in [0.717, 1.165) is 16.7 Å². The Labute approximate surface area is 214 Å². The summed E-state index contributed by atoms with van der Waals surface area (Å²) in [7, 11) is -3.65. The second-order valence-corrected chi connectivity index (χ2v) is 9.95. The number of benzene rings is 3. The van der Waals surface area contributed by atoms with Crippen molar-refractivity contribution in [1.29, 1.82) is 0 Å². The van der Waals surface area contributed by atoms with E-state index in [1.165, 1.54) is 5.56 Å². The molecule has 3 aromatic rings. The van der Waals surface area contributed by atoms with E-state index in [9.17, 15) is 8.42 Å². The average Bonchev–Trinajstić information content (AvgIpc) is 2.82. The van der Waals surface area contributed by atoms with Crippen LogP contribution in [0.3, 0.4) is 0 Å². The van der Waals surface area contributed by atoms with Crippen molar-refractivity contribution in [3.05, 3.63) is 107 Å². The van der Waals surface area contributed by atoms with E-state index in [1.807, 2.05) is 60.7 Å². The van der Waals surface area contributed by atoms with Crippen molar-refractivity contribution in [3.8, 4) is 0 Å². The summed E-state index contributed by atoms with van der Waals surface area (Å²) in [6.07, 6.45) is 0. The number of nitrogens with one attached hydrogen (secondary N) is 2. The predicted molar refractivity (Wildman–Crippen MR) is 130 cm³/mol.